The number of rotatable bonds is 7. The van der Waals surface area contributed by atoms with Crippen molar-refractivity contribution in [3.05, 3.63) is 71.7 Å². The van der Waals surface area contributed by atoms with E-state index in [4.69, 9.17) is 5.73 Å². The number of nitrogens with one attached hydrogen (secondary N) is 1. The molecule has 4 rings (SSSR count). The van der Waals surface area contributed by atoms with Gasteiger partial charge in [0, 0.05) is 6.54 Å². The summed E-state index contributed by atoms with van der Waals surface area (Å²) in [4.78, 5) is 0. The van der Waals surface area contributed by atoms with Crippen molar-refractivity contribution in [2.45, 2.75) is 12.8 Å². The van der Waals surface area contributed by atoms with E-state index in [2.05, 4.69) is 32.0 Å². The summed E-state index contributed by atoms with van der Waals surface area (Å²) in [5, 5.41) is 28.8. The van der Waals surface area contributed by atoms with Gasteiger partial charge in [-0.05, 0) is 59.7 Å². The van der Waals surface area contributed by atoms with E-state index in [-0.39, 0.29) is 11.6 Å². The van der Waals surface area contributed by atoms with Crippen LogP contribution in [0.3, 0.4) is 0 Å². The van der Waals surface area contributed by atoms with Gasteiger partial charge in [-0.25, -0.2) is 9.07 Å². The van der Waals surface area contributed by atoms with E-state index in [1.165, 1.54) is 16.8 Å². The van der Waals surface area contributed by atoms with Crippen LogP contribution in [0.1, 0.15) is 17.7 Å². The van der Waals surface area contributed by atoms with Crippen LogP contribution in [0.25, 0.3) is 11.4 Å². The summed E-state index contributed by atoms with van der Waals surface area (Å²) in [6.07, 6.45) is 1.21. The maximum Gasteiger partial charge on any atom is 0.247 e. The third-order valence-corrected chi connectivity index (χ3v) is 4.52. The normalized spacial score (nSPS) is 10.7. The zero-order valence-electron chi connectivity index (χ0n) is 15.9. The maximum atomic E-state index is 13.2. The van der Waals surface area contributed by atoms with Crippen LogP contribution in [-0.2, 0) is 6.42 Å². The summed E-state index contributed by atoms with van der Waals surface area (Å²) in [5.74, 6) is 0.410. The van der Waals surface area contributed by atoms with Crippen LogP contribution in [0.15, 0.2) is 54.6 Å². The van der Waals surface area contributed by atoms with Crippen molar-refractivity contribution in [1.82, 2.24) is 30.0 Å². The van der Waals surface area contributed by atoms with Crippen molar-refractivity contribution >= 4 is 11.8 Å². The Hall–Kier alpha value is -4.26. The molecule has 0 aliphatic rings. The van der Waals surface area contributed by atoms with Crippen LogP contribution in [0.5, 0.6) is 0 Å². The number of hydrogen-bond acceptors (Lipinski definition) is 7. The molecule has 0 bridgehead atoms. The molecule has 0 aliphatic carbocycles. The quantitative estimate of drug-likeness (QED) is 0.454. The Balaban J connectivity index is 1.43. The molecule has 0 saturated heterocycles. The first-order valence-corrected chi connectivity index (χ1v) is 9.28. The molecule has 150 valence electrons. The maximum absolute atomic E-state index is 13.2. The highest BCUT2D eigenvalue weighted by Gasteiger charge is 2.16. The van der Waals surface area contributed by atoms with E-state index >= 15 is 0 Å². The molecular weight excluding hydrogens is 385 g/mol. The largest absolute Gasteiger partial charge is 0.382 e. The summed E-state index contributed by atoms with van der Waals surface area (Å²) in [7, 11) is 0. The Kier molecular flexibility index (Phi) is 5.34. The van der Waals surface area contributed by atoms with Gasteiger partial charge in [-0.15, -0.1) is 0 Å². The number of anilines is 2. The smallest absolute Gasteiger partial charge is 0.247 e. The minimum absolute atomic E-state index is 0.236. The second-order valence-electron chi connectivity index (χ2n) is 6.49. The number of nitrogen functional groups attached to an aromatic ring is 1. The summed E-state index contributed by atoms with van der Waals surface area (Å²) < 4.78 is 16.2. The lowest BCUT2D eigenvalue weighted by atomic mass is 10.1. The van der Waals surface area contributed by atoms with Crippen LogP contribution in [0.2, 0.25) is 0 Å². The van der Waals surface area contributed by atoms with Crippen LogP contribution in [-0.4, -0.2) is 36.5 Å². The van der Waals surface area contributed by atoms with Crippen molar-refractivity contribution in [2.24, 2.45) is 0 Å². The Morgan fingerprint density at radius 2 is 1.77 bits per heavy atom. The van der Waals surface area contributed by atoms with Gasteiger partial charge in [0.25, 0.3) is 0 Å². The van der Waals surface area contributed by atoms with Gasteiger partial charge in [-0.2, -0.15) is 15.0 Å². The summed E-state index contributed by atoms with van der Waals surface area (Å²) in [6, 6.07) is 17.4. The number of para-hydroxylation sites is 1. The second-order valence-corrected chi connectivity index (χ2v) is 6.49. The third-order valence-electron chi connectivity index (χ3n) is 4.52. The number of aryl methyl sites for hydroxylation is 1. The molecular formula is C20H18FN9. The van der Waals surface area contributed by atoms with Crippen LogP contribution >= 0.6 is 0 Å². The second kappa shape index (κ2) is 8.40. The number of nitrogens with zero attached hydrogens (tertiary/aromatic N) is 7. The van der Waals surface area contributed by atoms with Crippen molar-refractivity contribution in [1.29, 1.82) is 5.26 Å². The Labute approximate surface area is 171 Å². The number of aromatic nitrogens is 6. The highest BCUT2D eigenvalue weighted by atomic mass is 19.1. The van der Waals surface area contributed by atoms with Crippen LogP contribution in [0, 0.1) is 17.1 Å². The Bertz CT molecular complexity index is 1170. The molecule has 0 aliphatic heterocycles. The highest BCUT2D eigenvalue weighted by Crippen LogP contribution is 2.22. The minimum atomic E-state index is -0.353. The lowest BCUT2D eigenvalue weighted by Crippen LogP contribution is -2.10. The zero-order valence-corrected chi connectivity index (χ0v) is 15.9. The first-order chi connectivity index (χ1) is 14.7. The van der Waals surface area contributed by atoms with Gasteiger partial charge in [-0.3, -0.25) is 0 Å². The molecule has 3 N–H and O–H groups in total. The van der Waals surface area contributed by atoms with Gasteiger partial charge in [0.1, 0.15) is 23.3 Å². The lowest BCUT2D eigenvalue weighted by molar-refractivity contribution is 0.627. The summed E-state index contributed by atoms with van der Waals surface area (Å²) >= 11 is 0. The number of halogens is 1. The molecule has 0 radical (unpaired) electrons. The molecule has 9 nitrogen and oxygen atoms in total. The van der Waals surface area contributed by atoms with Crippen molar-refractivity contribution < 1.29 is 4.39 Å². The number of tetrazole rings is 1. The van der Waals surface area contributed by atoms with Gasteiger partial charge in [0.05, 0.1) is 17.1 Å². The van der Waals surface area contributed by atoms with Crippen LogP contribution in [0.4, 0.5) is 16.2 Å². The number of nitrogens with two attached hydrogens (primary N) is 1. The average molecular weight is 403 g/mol. The molecule has 0 fully saturated rings. The number of nitriles is 1. The number of hydrogen-bond donors (Lipinski definition) is 2. The van der Waals surface area contributed by atoms with E-state index < -0.39 is 0 Å². The fourth-order valence-electron chi connectivity index (χ4n) is 3.05. The van der Waals surface area contributed by atoms with Gasteiger partial charge in [0.15, 0.2) is 0 Å². The van der Waals surface area contributed by atoms with Gasteiger partial charge in [-0.1, -0.05) is 23.3 Å². The van der Waals surface area contributed by atoms with Crippen molar-refractivity contribution in [2.75, 3.05) is 17.6 Å². The zero-order chi connectivity index (χ0) is 20.9. The summed E-state index contributed by atoms with van der Waals surface area (Å²) in [6.45, 7) is 0.571. The van der Waals surface area contributed by atoms with Crippen molar-refractivity contribution in [3.8, 4) is 17.4 Å². The molecule has 0 unspecified atom stereocenters. The molecule has 2 heterocycles. The van der Waals surface area contributed by atoms with E-state index in [1.54, 1.807) is 16.8 Å². The predicted molar refractivity (Wildman–Crippen MR) is 109 cm³/mol. The predicted octanol–water partition coefficient (Wildman–Crippen LogP) is 2.49. The molecule has 2 aromatic carbocycles. The Morgan fingerprint density at radius 1 is 1.03 bits per heavy atom. The monoisotopic (exact) mass is 403 g/mol. The number of benzene rings is 2. The fraction of sp³-hybridized carbons (Fsp3) is 0.150. The van der Waals surface area contributed by atoms with Crippen molar-refractivity contribution in [3.63, 3.8) is 0 Å². The molecule has 0 spiro atoms. The van der Waals surface area contributed by atoms with Gasteiger partial charge in [0.2, 0.25) is 5.95 Å². The first kappa shape index (κ1) is 19.1. The van der Waals surface area contributed by atoms with E-state index in [9.17, 15) is 9.65 Å². The average Bonchev–Trinajstić information content (AvgIpc) is 3.36. The topological polar surface area (TPSA) is 123 Å². The lowest BCUT2D eigenvalue weighted by Gasteiger charge is -2.06. The minimum Gasteiger partial charge on any atom is -0.382 e. The first-order valence-electron chi connectivity index (χ1n) is 9.28. The van der Waals surface area contributed by atoms with Gasteiger partial charge >= 0.3 is 0 Å². The molecule has 0 atom stereocenters. The third kappa shape index (κ3) is 3.81. The molecule has 0 amide bonds. The Morgan fingerprint density at radius 3 is 2.50 bits per heavy atom. The molecule has 10 heteroatoms. The standard InChI is InChI=1S/C20H18FN9/c21-14-8-10-16(11-9-14)29-19(23)17(13-22)18(26-29)7-4-12-24-20-25-27-28-30(20)15-5-2-1-3-6-15/h1-3,5-6,8-11H,4,7,12,23H2,(H,24,25,28). The SMILES string of the molecule is N#Cc1c(CCCNc2nnnn2-c2ccccc2)nn(-c2ccc(F)cc2)c1N. The molecule has 0 saturated carbocycles. The molecule has 4 aromatic rings. The highest BCUT2D eigenvalue weighted by molar-refractivity contribution is 5.56. The molecule has 2 aromatic heterocycles. The van der Waals surface area contributed by atoms with Crippen LogP contribution < -0.4 is 11.1 Å². The molecule has 30 heavy (non-hydrogen) atoms. The van der Waals surface area contributed by atoms with E-state index in [0.29, 0.717) is 42.3 Å². The van der Waals surface area contributed by atoms with Gasteiger partial charge < -0.3 is 11.1 Å². The van der Waals surface area contributed by atoms with E-state index in [0.717, 1.165) is 5.69 Å². The fourth-order valence-corrected chi connectivity index (χ4v) is 3.05. The summed E-state index contributed by atoms with van der Waals surface area (Å²) in [5.41, 5.74) is 8.45. The van der Waals surface area contributed by atoms with E-state index in [1.807, 2.05) is 30.3 Å².